The number of aromatic nitrogens is 4. The van der Waals surface area contributed by atoms with E-state index >= 15 is 0 Å². The number of carbonyl (C=O) groups excluding carboxylic acids is 1. The van der Waals surface area contributed by atoms with Crippen molar-refractivity contribution >= 4 is 22.8 Å². The van der Waals surface area contributed by atoms with Crippen LogP contribution in [0.1, 0.15) is 12.5 Å². The molecule has 2 N–H and O–H groups in total. The number of anilines is 1. The van der Waals surface area contributed by atoms with Crippen LogP contribution >= 0.6 is 0 Å². The third-order valence-corrected chi connectivity index (χ3v) is 4.81. The number of alkyl halides is 3. The number of imidazole rings is 1. The summed E-state index contributed by atoms with van der Waals surface area (Å²) in [5.41, 5.74) is -4.19. The summed E-state index contributed by atoms with van der Waals surface area (Å²) in [7, 11) is 2.75. The highest BCUT2D eigenvalue weighted by Crippen LogP contribution is 2.38. The Hall–Kier alpha value is -3.41. The molecule has 0 aliphatic rings. The van der Waals surface area contributed by atoms with Crippen molar-refractivity contribution in [2.75, 3.05) is 5.32 Å². The van der Waals surface area contributed by atoms with Crippen molar-refractivity contribution in [1.29, 1.82) is 0 Å². The lowest BCUT2D eigenvalue weighted by Crippen LogP contribution is -2.39. The highest BCUT2D eigenvalue weighted by molar-refractivity contribution is 5.91. The molecule has 2 heterocycles. The molecule has 0 radical (unpaired) electrons. The Morgan fingerprint density at radius 1 is 1.13 bits per heavy atom. The Morgan fingerprint density at radius 3 is 2.30 bits per heavy atom. The molecule has 0 saturated carbocycles. The summed E-state index contributed by atoms with van der Waals surface area (Å²) in [6.45, 7) is 0.324. The van der Waals surface area contributed by atoms with Crippen molar-refractivity contribution in [3.05, 3.63) is 57.0 Å². The molecule has 1 amide bonds. The van der Waals surface area contributed by atoms with Crippen molar-refractivity contribution in [2.45, 2.75) is 25.2 Å². The molecule has 2 aromatic heterocycles. The van der Waals surface area contributed by atoms with Crippen LogP contribution < -0.4 is 16.6 Å². The maximum absolute atomic E-state index is 12.9. The Kier molecular flexibility index (Phi) is 5.06. The minimum absolute atomic E-state index is 0.0614. The molecular formula is C18H18F3N5O4. The van der Waals surface area contributed by atoms with E-state index in [-0.39, 0.29) is 29.0 Å². The van der Waals surface area contributed by atoms with E-state index in [9.17, 15) is 32.7 Å². The van der Waals surface area contributed by atoms with Gasteiger partial charge in [0.25, 0.3) is 5.56 Å². The van der Waals surface area contributed by atoms with Crippen molar-refractivity contribution in [1.82, 2.24) is 18.7 Å². The van der Waals surface area contributed by atoms with Crippen LogP contribution in [0.4, 0.5) is 18.9 Å². The highest BCUT2D eigenvalue weighted by atomic mass is 19.4. The van der Waals surface area contributed by atoms with Gasteiger partial charge in [-0.3, -0.25) is 18.7 Å². The van der Waals surface area contributed by atoms with Crippen LogP contribution in [0, 0.1) is 0 Å². The predicted octanol–water partition coefficient (Wildman–Crippen LogP) is 0.842. The Balaban J connectivity index is 1.82. The molecule has 0 fully saturated rings. The number of aryl methyl sites for hydroxylation is 1. The second-order valence-corrected chi connectivity index (χ2v) is 6.95. The van der Waals surface area contributed by atoms with Gasteiger partial charge in [-0.2, -0.15) is 13.2 Å². The van der Waals surface area contributed by atoms with Gasteiger partial charge in [0.2, 0.25) is 5.91 Å². The molecule has 0 spiro atoms. The number of aliphatic hydroxyl groups is 1. The minimum Gasteiger partial charge on any atom is -0.376 e. The largest absolute Gasteiger partial charge is 0.421 e. The van der Waals surface area contributed by atoms with E-state index in [0.717, 1.165) is 16.7 Å². The summed E-state index contributed by atoms with van der Waals surface area (Å²) < 4.78 is 42.1. The number of rotatable bonds is 4. The second kappa shape index (κ2) is 7.13. The van der Waals surface area contributed by atoms with Gasteiger partial charge in [0.15, 0.2) is 16.8 Å². The molecule has 9 nitrogen and oxygen atoms in total. The first kappa shape index (κ1) is 21.3. The van der Waals surface area contributed by atoms with E-state index in [0.29, 0.717) is 6.92 Å². The van der Waals surface area contributed by atoms with Crippen LogP contribution in [0.5, 0.6) is 0 Å². The fourth-order valence-electron chi connectivity index (χ4n) is 2.91. The Bertz CT molecular complexity index is 1240. The molecule has 160 valence electrons. The first-order valence-electron chi connectivity index (χ1n) is 8.65. The Labute approximate surface area is 167 Å². The van der Waals surface area contributed by atoms with E-state index in [1.165, 1.54) is 41.7 Å². The van der Waals surface area contributed by atoms with E-state index in [1.54, 1.807) is 0 Å². The topological polar surface area (TPSA) is 111 Å². The summed E-state index contributed by atoms with van der Waals surface area (Å²) in [6, 6.07) is 4.56. The van der Waals surface area contributed by atoms with Crippen LogP contribution in [0.2, 0.25) is 0 Å². The van der Waals surface area contributed by atoms with E-state index in [4.69, 9.17) is 0 Å². The van der Waals surface area contributed by atoms with Gasteiger partial charge < -0.3 is 15.0 Å². The lowest BCUT2D eigenvalue weighted by atomic mass is 9.95. The number of halogens is 3. The lowest BCUT2D eigenvalue weighted by Gasteiger charge is -2.26. The van der Waals surface area contributed by atoms with Gasteiger partial charge in [0.05, 0.1) is 6.33 Å². The molecule has 0 aliphatic heterocycles. The number of nitrogens with one attached hydrogen (secondary N) is 1. The van der Waals surface area contributed by atoms with E-state index in [2.05, 4.69) is 10.3 Å². The molecule has 0 bridgehead atoms. The molecule has 0 aliphatic carbocycles. The molecule has 3 aromatic rings. The molecular weight excluding hydrogens is 407 g/mol. The normalized spacial score (nSPS) is 14.0. The zero-order chi connectivity index (χ0) is 22.4. The summed E-state index contributed by atoms with van der Waals surface area (Å²) >= 11 is 0. The van der Waals surface area contributed by atoms with Crippen molar-refractivity contribution in [3.63, 3.8) is 0 Å². The summed E-state index contributed by atoms with van der Waals surface area (Å²) in [6.07, 6.45) is -3.61. The first-order valence-corrected chi connectivity index (χ1v) is 8.65. The van der Waals surface area contributed by atoms with Crippen LogP contribution in [0.25, 0.3) is 11.2 Å². The molecule has 3 rings (SSSR count). The number of benzene rings is 1. The third kappa shape index (κ3) is 3.49. The van der Waals surface area contributed by atoms with Crippen molar-refractivity contribution < 1.29 is 23.1 Å². The molecule has 30 heavy (non-hydrogen) atoms. The highest BCUT2D eigenvalue weighted by Gasteiger charge is 2.51. The van der Waals surface area contributed by atoms with Crippen molar-refractivity contribution in [2.24, 2.45) is 14.1 Å². The second-order valence-electron chi connectivity index (χ2n) is 6.95. The maximum atomic E-state index is 12.9. The molecule has 1 atom stereocenters. The van der Waals surface area contributed by atoms with Crippen LogP contribution in [0.3, 0.4) is 0 Å². The number of nitrogens with zero attached hydrogens (tertiary/aromatic N) is 4. The number of amides is 1. The minimum atomic E-state index is -4.85. The first-order chi connectivity index (χ1) is 13.8. The van der Waals surface area contributed by atoms with Crippen LogP contribution in [-0.4, -0.2) is 35.9 Å². The number of carbonyl (C=O) groups is 1. The van der Waals surface area contributed by atoms with Gasteiger partial charge in [-0.1, -0.05) is 12.1 Å². The summed E-state index contributed by atoms with van der Waals surface area (Å²) in [4.78, 5) is 40.7. The molecule has 1 aromatic carbocycles. The van der Waals surface area contributed by atoms with Gasteiger partial charge in [0, 0.05) is 19.8 Å². The van der Waals surface area contributed by atoms with Crippen molar-refractivity contribution in [3.8, 4) is 0 Å². The molecule has 12 heteroatoms. The predicted molar refractivity (Wildman–Crippen MR) is 101 cm³/mol. The number of hydrogen-bond acceptors (Lipinski definition) is 5. The van der Waals surface area contributed by atoms with E-state index < -0.39 is 28.9 Å². The van der Waals surface area contributed by atoms with Gasteiger partial charge in [0.1, 0.15) is 6.54 Å². The van der Waals surface area contributed by atoms with E-state index in [1.807, 2.05) is 0 Å². The SMILES string of the molecule is Cn1c(=O)c2c(ncn2CC(=O)Nc2ccc(C(C)(O)C(F)(F)F)cc2)n(C)c1=O. The monoisotopic (exact) mass is 425 g/mol. The zero-order valence-electron chi connectivity index (χ0n) is 16.2. The van der Waals surface area contributed by atoms with Gasteiger partial charge in [-0.15, -0.1) is 0 Å². The fourth-order valence-corrected chi connectivity index (χ4v) is 2.91. The molecule has 1 unspecified atom stereocenters. The van der Waals surface area contributed by atoms with Crippen LogP contribution in [0.15, 0.2) is 40.2 Å². The number of fused-ring (bicyclic) bond motifs is 1. The quantitative estimate of drug-likeness (QED) is 0.644. The van der Waals surface area contributed by atoms with Crippen LogP contribution in [-0.2, 0) is 31.0 Å². The zero-order valence-corrected chi connectivity index (χ0v) is 16.2. The average Bonchev–Trinajstić information content (AvgIpc) is 3.07. The van der Waals surface area contributed by atoms with Gasteiger partial charge in [-0.25, -0.2) is 9.78 Å². The fraction of sp³-hybridized carbons (Fsp3) is 0.333. The summed E-state index contributed by atoms with van der Waals surface area (Å²) in [5.74, 6) is -0.569. The Morgan fingerprint density at radius 2 is 1.73 bits per heavy atom. The average molecular weight is 425 g/mol. The number of hydrogen-bond donors (Lipinski definition) is 2. The maximum Gasteiger partial charge on any atom is 0.421 e. The smallest absolute Gasteiger partial charge is 0.376 e. The van der Waals surface area contributed by atoms with Gasteiger partial charge in [-0.05, 0) is 24.6 Å². The van der Waals surface area contributed by atoms with Gasteiger partial charge >= 0.3 is 11.9 Å². The molecule has 0 saturated heterocycles. The standard InChI is InChI=1S/C18H18F3N5O4/c1-17(30,18(19,20)21)10-4-6-11(7-5-10)23-12(27)8-26-9-22-14-13(26)15(28)25(3)16(29)24(14)2/h4-7,9,30H,8H2,1-3H3,(H,23,27). The lowest BCUT2D eigenvalue weighted by molar-refractivity contribution is -0.258. The summed E-state index contributed by atoms with van der Waals surface area (Å²) in [5, 5.41) is 12.2. The third-order valence-electron chi connectivity index (χ3n) is 4.81.